The number of nitrogens with zero attached hydrogens (tertiary/aromatic N) is 4. The average Bonchev–Trinajstić information content (AvgIpc) is 2.74. The first-order chi connectivity index (χ1) is 39.5. The number of aromatic nitrogens is 8. The molecule has 8 rings (SSSR count). The largest absolute Gasteiger partial charge is 0.472 e. The summed E-state index contributed by atoms with van der Waals surface area (Å²) in [6, 6.07) is 3.23. The van der Waals surface area contributed by atoms with Gasteiger partial charge in [0.15, 0.2) is 24.9 Å². The fourth-order valence-electron chi connectivity index (χ4n) is 8.75. The minimum atomic E-state index is -5.75. The minimum absolute atomic E-state index is 0.552. The van der Waals surface area contributed by atoms with Crippen LogP contribution in [0.2, 0.25) is 0 Å². The molecule has 19 atom stereocenters. The van der Waals surface area contributed by atoms with E-state index in [0.717, 1.165) is 49.1 Å². The number of nitrogens with one attached hydrogen (secondary N) is 4. The summed E-state index contributed by atoms with van der Waals surface area (Å²) in [5, 5.41) is 45.3. The van der Waals surface area contributed by atoms with Crippen LogP contribution in [0, 0.1) is 0 Å². The van der Waals surface area contributed by atoms with Crippen LogP contribution in [0.5, 0.6) is 0 Å². The van der Waals surface area contributed by atoms with E-state index in [1.807, 2.05) is 19.9 Å². The summed E-state index contributed by atoms with van der Waals surface area (Å²) < 4.78 is 117. The maximum absolute atomic E-state index is 13.9. The first-order valence-electron chi connectivity index (χ1n) is 23.5. The third-order valence-electron chi connectivity index (χ3n) is 12.4. The molecule has 8 heterocycles. The van der Waals surface area contributed by atoms with E-state index < -0.39 is 207 Å². The molecule has 4 aliphatic heterocycles. The van der Waals surface area contributed by atoms with E-state index in [0.29, 0.717) is 18.3 Å². The van der Waals surface area contributed by atoms with Crippen molar-refractivity contribution in [1.29, 1.82) is 0 Å². The van der Waals surface area contributed by atoms with Crippen LogP contribution in [-0.2, 0) is 85.2 Å². The number of aromatic amines is 4. The summed E-state index contributed by atoms with van der Waals surface area (Å²) in [6.07, 6.45) is -29.3. The van der Waals surface area contributed by atoms with Gasteiger partial charge in [0.25, 0.3) is 22.2 Å². The zero-order chi connectivity index (χ0) is 62.5. The van der Waals surface area contributed by atoms with Gasteiger partial charge in [-0.15, -0.1) is 0 Å². The third-order valence-corrected chi connectivity index (χ3v) is 17.5. The molecule has 4 aliphatic rings. The van der Waals surface area contributed by atoms with Gasteiger partial charge in [0.1, 0.15) is 73.2 Å². The topological polar surface area (TPSA) is 601 Å². The highest BCUT2D eigenvalue weighted by molar-refractivity contribution is 8.44. The lowest BCUT2D eigenvalue weighted by Gasteiger charge is -2.28. The van der Waals surface area contributed by atoms with Gasteiger partial charge in [0, 0.05) is 49.1 Å². The second-order valence-electron chi connectivity index (χ2n) is 18.1. The van der Waals surface area contributed by atoms with Gasteiger partial charge in [-0.05, 0) is 11.8 Å². The lowest BCUT2D eigenvalue weighted by Crippen LogP contribution is -2.40. The monoisotopic (exact) mass is 1350 g/mol. The van der Waals surface area contributed by atoms with Crippen LogP contribution in [0.25, 0.3) is 0 Å². The molecular formula is C36H47N8O34P5S2. The first kappa shape index (κ1) is 66.7. The van der Waals surface area contributed by atoms with Crippen molar-refractivity contribution in [3.05, 3.63) is 132 Å². The summed E-state index contributed by atoms with van der Waals surface area (Å²) in [5.74, 6) is 0. The predicted molar refractivity (Wildman–Crippen MR) is 275 cm³/mol. The molecule has 0 aromatic carbocycles. The number of hydrogen-bond acceptors (Lipinski definition) is 29. The molecule has 14 N–H and O–H groups in total. The maximum Gasteiger partial charge on any atom is 0.472 e. The first-order valence-corrected chi connectivity index (χ1v) is 33.3. The van der Waals surface area contributed by atoms with Crippen LogP contribution >= 0.6 is 49.2 Å². The molecule has 0 radical (unpaired) electrons. The summed E-state index contributed by atoms with van der Waals surface area (Å²) >= 11 is 9.09. The molecule has 85 heavy (non-hydrogen) atoms. The Morgan fingerprint density at radius 1 is 0.435 bits per heavy atom. The van der Waals surface area contributed by atoms with Crippen LogP contribution in [0.3, 0.4) is 0 Å². The molecule has 472 valence electrons. The van der Waals surface area contributed by atoms with Gasteiger partial charge in [-0.25, -0.2) is 37.4 Å². The number of H-pyrrole nitrogens is 4. The van der Waals surface area contributed by atoms with Crippen molar-refractivity contribution >= 4 is 61.0 Å². The van der Waals surface area contributed by atoms with Gasteiger partial charge in [-0.1, -0.05) is 12.2 Å². The number of aliphatic hydroxyl groups excluding tert-OH is 4. The van der Waals surface area contributed by atoms with E-state index in [1.165, 1.54) is 0 Å². The lowest BCUT2D eigenvalue weighted by atomic mass is 10.1. The van der Waals surface area contributed by atoms with Crippen molar-refractivity contribution in [3.8, 4) is 0 Å². The van der Waals surface area contributed by atoms with Gasteiger partial charge >= 0.3 is 59.7 Å². The van der Waals surface area contributed by atoms with E-state index in [4.69, 9.17) is 57.9 Å². The SMILES string of the molecule is O=c1ccn([C@@H]2O[C@H](COP(=O)(O)O[C@H]3[C@@H](O)[C@H](n4ccc(=O)[nH]c4=O)O[C@@H]3COP(O)(=S)O[C@H]3[C@@H](O)[C@H](n4ccc(=O)[nH]c4=O)O[C@@H]3COP(=O)(S)O[C@H]3[C@@H](O)[C@H](n4ccc(=O)[nH]c4=O)O[C@@H]3COP(=O)(O)O)[C@@H](OP(=O)(O)O)[C@H]2O)c(=O)[nH]1. The van der Waals surface area contributed by atoms with E-state index in [1.54, 1.807) is 0 Å². The second-order valence-corrected chi connectivity index (χ2v) is 27.6. The van der Waals surface area contributed by atoms with Crippen LogP contribution in [0.15, 0.2) is 87.4 Å². The smallest absolute Gasteiger partial charge is 0.386 e. The highest BCUT2D eigenvalue weighted by Gasteiger charge is 2.55. The quantitative estimate of drug-likeness (QED) is 0.0229. The molecule has 42 nitrogen and oxygen atoms in total. The molecule has 4 saturated heterocycles. The summed E-state index contributed by atoms with van der Waals surface area (Å²) in [5.41, 5.74) is -8.48. The Balaban J connectivity index is 1.01. The van der Waals surface area contributed by atoms with E-state index in [9.17, 15) is 106 Å². The lowest BCUT2D eigenvalue weighted by molar-refractivity contribution is -0.0620. The normalized spacial score (nSPS) is 32.0. The fraction of sp³-hybridized carbons (Fsp3) is 0.556. The van der Waals surface area contributed by atoms with E-state index in [-0.39, 0.29) is 0 Å². The Hall–Kier alpha value is -4.24. The number of aliphatic hydroxyl groups is 4. The zero-order valence-corrected chi connectivity index (χ0v) is 48.0. The number of hydrogen-bond donors (Lipinski definition) is 15. The predicted octanol–water partition coefficient (Wildman–Crippen LogP) is -6.63. The van der Waals surface area contributed by atoms with Crippen LogP contribution in [-0.4, -0.2) is 188 Å². The van der Waals surface area contributed by atoms with Crippen molar-refractivity contribution < 1.29 is 123 Å². The number of phosphoric ester groups is 3. The van der Waals surface area contributed by atoms with Crippen LogP contribution in [0.4, 0.5) is 0 Å². The molecule has 3 unspecified atom stereocenters. The van der Waals surface area contributed by atoms with Crippen LogP contribution < -0.4 is 45.0 Å². The Labute approximate surface area is 477 Å². The van der Waals surface area contributed by atoms with Gasteiger partial charge in [0.2, 0.25) is 0 Å². The van der Waals surface area contributed by atoms with Crippen molar-refractivity contribution in [2.45, 2.75) is 98.2 Å². The number of phosphoric acid groups is 3. The molecule has 4 fully saturated rings. The van der Waals surface area contributed by atoms with E-state index in [2.05, 4.69) is 21.3 Å². The third kappa shape index (κ3) is 16.3. The number of ether oxygens (including phenoxy) is 4. The van der Waals surface area contributed by atoms with Crippen molar-refractivity contribution in [3.63, 3.8) is 0 Å². The highest BCUT2D eigenvalue weighted by atomic mass is 32.7. The number of thiol groups is 1. The average molecular weight is 1350 g/mol. The Morgan fingerprint density at radius 2 is 0.729 bits per heavy atom. The van der Waals surface area contributed by atoms with Crippen molar-refractivity contribution in [1.82, 2.24) is 38.2 Å². The summed E-state index contributed by atoms with van der Waals surface area (Å²) in [6.45, 7) is -14.9. The standard InChI is InChI=1S/C36H47N8O34P5S2/c45-17-1-5-41(33(53)37-17)29-21(49)25(75-80(60,61)62)14(72-29)10-68-81(63,64)76-26-15(73-30(22(26)50)42-6-2-18(46)38-34(42)54)11-69-82(65,84)78-28-16(74-32(24(28)52)44-8-4-20(48)40-36(44)56)12-70-83(66,85)77-27-13(9-67-79(57,58)59)71-31(23(27)51)43-7-3-19(47)39-35(43)55/h1-8,13-16,21-32,49-52H,9-12H2,(H,63,64)(H,65,84)(H,66,85)(H,37,45,53)(H,38,46,54)(H,39,47,55)(H,40,48,56)(H2,57,58,59)(H2,60,61,62)/t13-,14-,15-,16-,21-,22-,23-,24-,25-,26-,27-,28-,29-,30-,31-,32-,82?,83?/m1/s1. The van der Waals surface area contributed by atoms with Crippen molar-refractivity contribution in [2.24, 2.45) is 0 Å². The summed E-state index contributed by atoms with van der Waals surface area (Å²) in [7, 11) is -16.6. The van der Waals surface area contributed by atoms with Crippen molar-refractivity contribution in [2.75, 3.05) is 26.4 Å². The maximum atomic E-state index is 13.9. The molecule has 0 saturated carbocycles. The van der Waals surface area contributed by atoms with Gasteiger partial charge in [-0.3, -0.25) is 89.0 Å². The van der Waals surface area contributed by atoms with E-state index >= 15 is 0 Å². The summed E-state index contributed by atoms with van der Waals surface area (Å²) in [4.78, 5) is 166. The molecule has 49 heteroatoms. The number of rotatable bonds is 24. The molecule has 0 spiro atoms. The highest BCUT2D eigenvalue weighted by Crippen LogP contribution is 2.58. The molecule has 0 bridgehead atoms. The Kier molecular flexibility index (Phi) is 20.5. The molecular weight excluding hydrogens is 1310 g/mol. The zero-order valence-electron chi connectivity index (χ0n) is 41.8. The molecule has 0 aliphatic carbocycles. The molecule has 4 aromatic rings. The fourth-order valence-corrected chi connectivity index (χ4v) is 13.6. The van der Waals surface area contributed by atoms with Gasteiger partial charge in [-0.2, -0.15) is 0 Å². The van der Waals surface area contributed by atoms with Gasteiger partial charge < -0.3 is 73.3 Å². The molecule has 0 amide bonds. The molecule has 4 aromatic heterocycles. The minimum Gasteiger partial charge on any atom is -0.386 e. The van der Waals surface area contributed by atoms with Gasteiger partial charge in [0.05, 0.1) is 26.4 Å². The Bertz CT molecular complexity index is 3860. The van der Waals surface area contributed by atoms with Crippen LogP contribution in [0.1, 0.15) is 24.9 Å². The second kappa shape index (κ2) is 26.1. The Morgan fingerprint density at radius 3 is 1.06 bits per heavy atom.